The number of hydrogen-bond donors (Lipinski definition) is 1. The molecule has 19 heavy (non-hydrogen) atoms. The molecule has 1 aliphatic carbocycles. The van der Waals surface area contributed by atoms with E-state index in [1.165, 1.54) is 18.4 Å². The Morgan fingerprint density at radius 1 is 1.21 bits per heavy atom. The van der Waals surface area contributed by atoms with Gasteiger partial charge in [-0.05, 0) is 42.9 Å². The van der Waals surface area contributed by atoms with E-state index in [9.17, 15) is 0 Å². The number of nitrogens with one attached hydrogen (secondary N) is 1. The number of ether oxygens (including phenoxy) is 2. The molecule has 3 nitrogen and oxygen atoms in total. The Kier molecular flexibility index (Phi) is 5.23. The molecule has 0 saturated heterocycles. The monoisotopic (exact) mass is 263 g/mol. The first-order valence-corrected chi connectivity index (χ1v) is 7.15. The standard InChI is InChI=1S/C16H25NO2/c1-4-14(11-18-2)17-15-9-13(10-15)12-5-7-16(19-3)8-6-12/h5-8,13-15,17H,4,9-11H2,1-3H3. The predicted molar refractivity (Wildman–Crippen MR) is 77.8 cm³/mol. The van der Waals surface area contributed by atoms with E-state index in [0.717, 1.165) is 18.8 Å². The van der Waals surface area contributed by atoms with Gasteiger partial charge in [-0.1, -0.05) is 19.1 Å². The molecule has 0 spiro atoms. The first-order chi connectivity index (χ1) is 9.26. The second kappa shape index (κ2) is 6.92. The van der Waals surface area contributed by atoms with Crippen molar-refractivity contribution >= 4 is 0 Å². The van der Waals surface area contributed by atoms with Crippen molar-refractivity contribution in [3.05, 3.63) is 29.8 Å². The highest BCUT2D eigenvalue weighted by Gasteiger charge is 2.31. The largest absolute Gasteiger partial charge is 0.497 e. The third-order valence-corrected chi connectivity index (χ3v) is 4.06. The predicted octanol–water partition coefficient (Wildman–Crippen LogP) is 2.96. The number of methoxy groups -OCH3 is 2. The zero-order valence-corrected chi connectivity index (χ0v) is 12.2. The van der Waals surface area contributed by atoms with Gasteiger partial charge in [-0.3, -0.25) is 0 Å². The third-order valence-electron chi connectivity index (χ3n) is 4.06. The van der Waals surface area contributed by atoms with Crippen LogP contribution in [0.4, 0.5) is 0 Å². The highest BCUT2D eigenvalue weighted by molar-refractivity contribution is 5.30. The number of benzene rings is 1. The van der Waals surface area contributed by atoms with E-state index < -0.39 is 0 Å². The Bertz CT molecular complexity index is 371. The van der Waals surface area contributed by atoms with Crippen LogP contribution in [0, 0.1) is 0 Å². The molecule has 0 amide bonds. The maximum Gasteiger partial charge on any atom is 0.118 e. The molecule has 1 fully saturated rings. The number of rotatable bonds is 7. The van der Waals surface area contributed by atoms with Crippen molar-refractivity contribution in [1.82, 2.24) is 5.32 Å². The van der Waals surface area contributed by atoms with E-state index in [-0.39, 0.29) is 0 Å². The third kappa shape index (κ3) is 3.71. The summed E-state index contributed by atoms with van der Waals surface area (Å²) in [6.07, 6.45) is 3.58. The second-order valence-corrected chi connectivity index (χ2v) is 5.37. The smallest absolute Gasteiger partial charge is 0.118 e. The molecule has 1 saturated carbocycles. The average Bonchev–Trinajstić information content (AvgIpc) is 2.41. The van der Waals surface area contributed by atoms with Crippen molar-refractivity contribution in [3.63, 3.8) is 0 Å². The van der Waals surface area contributed by atoms with Crippen molar-refractivity contribution in [2.75, 3.05) is 20.8 Å². The zero-order valence-electron chi connectivity index (χ0n) is 12.2. The fourth-order valence-electron chi connectivity index (χ4n) is 2.72. The summed E-state index contributed by atoms with van der Waals surface area (Å²) >= 11 is 0. The molecule has 0 bridgehead atoms. The lowest BCUT2D eigenvalue weighted by atomic mass is 9.75. The molecule has 3 heteroatoms. The van der Waals surface area contributed by atoms with Gasteiger partial charge in [-0.2, -0.15) is 0 Å². The van der Waals surface area contributed by atoms with Crippen molar-refractivity contribution in [2.24, 2.45) is 0 Å². The molecule has 1 atom stereocenters. The summed E-state index contributed by atoms with van der Waals surface area (Å²) in [5.74, 6) is 1.63. The summed E-state index contributed by atoms with van der Waals surface area (Å²) < 4.78 is 10.4. The van der Waals surface area contributed by atoms with E-state index in [1.807, 2.05) is 0 Å². The van der Waals surface area contributed by atoms with Gasteiger partial charge in [0.25, 0.3) is 0 Å². The van der Waals surface area contributed by atoms with Gasteiger partial charge in [0.2, 0.25) is 0 Å². The Morgan fingerprint density at radius 3 is 2.42 bits per heavy atom. The van der Waals surface area contributed by atoms with Gasteiger partial charge in [0, 0.05) is 19.2 Å². The Balaban J connectivity index is 1.78. The normalized spacial score (nSPS) is 23.7. The van der Waals surface area contributed by atoms with Crippen LogP contribution in [0.1, 0.15) is 37.7 Å². The summed E-state index contributed by atoms with van der Waals surface area (Å²) in [5.41, 5.74) is 1.43. The molecule has 1 N–H and O–H groups in total. The van der Waals surface area contributed by atoms with Crippen molar-refractivity contribution in [1.29, 1.82) is 0 Å². The van der Waals surface area contributed by atoms with Crippen LogP contribution in [-0.4, -0.2) is 32.9 Å². The van der Waals surface area contributed by atoms with Gasteiger partial charge in [0.15, 0.2) is 0 Å². The van der Waals surface area contributed by atoms with Crippen molar-refractivity contribution in [2.45, 2.75) is 44.2 Å². The maximum absolute atomic E-state index is 5.22. The summed E-state index contributed by atoms with van der Waals surface area (Å²) in [5, 5.41) is 3.68. The molecule has 1 aliphatic rings. The van der Waals surface area contributed by atoms with Gasteiger partial charge < -0.3 is 14.8 Å². The molecule has 1 aromatic carbocycles. The zero-order chi connectivity index (χ0) is 13.7. The van der Waals surface area contributed by atoms with Gasteiger partial charge in [0.1, 0.15) is 5.75 Å². The highest BCUT2D eigenvalue weighted by atomic mass is 16.5. The maximum atomic E-state index is 5.22. The van der Waals surface area contributed by atoms with Crippen LogP contribution in [0.5, 0.6) is 5.75 Å². The van der Waals surface area contributed by atoms with Crippen LogP contribution in [0.3, 0.4) is 0 Å². The highest BCUT2D eigenvalue weighted by Crippen LogP contribution is 2.37. The lowest BCUT2D eigenvalue weighted by molar-refractivity contribution is 0.144. The first-order valence-electron chi connectivity index (χ1n) is 7.15. The molecule has 0 aromatic heterocycles. The molecule has 106 valence electrons. The lowest BCUT2D eigenvalue weighted by Crippen LogP contribution is -2.46. The fraction of sp³-hybridized carbons (Fsp3) is 0.625. The van der Waals surface area contributed by atoms with Crippen LogP contribution in [0.15, 0.2) is 24.3 Å². The van der Waals surface area contributed by atoms with Crippen LogP contribution < -0.4 is 10.1 Å². The molecule has 0 heterocycles. The molecule has 0 radical (unpaired) electrons. The Labute approximate surface area is 116 Å². The summed E-state index contributed by atoms with van der Waals surface area (Å²) in [6.45, 7) is 3.01. The van der Waals surface area contributed by atoms with E-state index >= 15 is 0 Å². The SMILES string of the molecule is CCC(COC)NC1CC(c2ccc(OC)cc2)C1. The minimum absolute atomic E-state index is 0.492. The van der Waals surface area contributed by atoms with Crippen LogP contribution in [0.25, 0.3) is 0 Å². The van der Waals surface area contributed by atoms with Gasteiger partial charge in [0.05, 0.1) is 13.7 Å². The minimum atomic E-state index is 0.492. The van der Waals surface area contributed by atoms with Crippen molar-refractivity contribution in [3.8, 4) is 5.75 Å². The Hall–Kier alpha value is -1.06. The van der Waals surface area contributed by atoms with Crippen molar-refractivity contribution < 1.29 is 9.47 Å². The molecular weight excluding hydrogens is 238 g/mol. The lowest BCUT2D eigenvalue weighted by Gasteiger charge is -2.38. The molecular formula is C16H25NO2. The molecule has 1 unspecified atom stereocenters. The molecule has 1 aromatic rings. The van der Waals surface area contributed by atoms with E-state index in [1.54, 1.807) is 14.2 Å². The van der Waals surface area contributed by atoms with Gasteiger partial charge in [-0.25, -0.2) is 0 Å². The summed E-state index contributed by atoms with van der Waals surface area (Å²) in [4.78, 5) is 0. The van der Waals surface area contributed by atoms with E-state index in [2.05, 4.69) is 36.5 Å². The minimum Gasteiger partial charge on any atom is -0.497 e. The first kappa shape index (κ1) is 14.4. The molecule has 2 rings (SSSR count). The summed E-state index contributed by atoms with van der Waals surface area (Å²) in [6, 6.07) is 9.61. The van der Waals surface area contributed by atoms with Gasteiger partial charge >= 0.3 is 0 Å². The van der Waals surface area contributed by atoms with Crippen LogP contribution >= 0.6 is 0 Å². The summed E-state index contributed by atoms with van der Waals surface area (Å²) in [7, 11) is 3.48. The average molecular weight is 263 g/mol. The quantitative estimate of drug-likeness (QED) is 0.820. The second-order valence-electron chi connectivity index (χ2n) is 5.37. The van der Waals surface area contributed by atoms with Crippen LogP contribution in [0.2, 0.25) is 0 Å². The van der Waals surface area contributed by atoms with E-state index in [4.69, 9.17) is 9.47 Å². The fourth-order valence-corrected chi connectivity index (χ4v) is 2.72. The van der Waals surface area contributed by atoms with Gasteiger partial charge in [-0.15, -0.1) is 0 Å². The topological polar surface area (TPSA) is 30.5 Å². The van der Waals surface area contributed by atoms with E-state index in [0.29, 0.717) is 18.0 Å². The molecule has 0 aliphatic heterocycles. The Morgan fingerprint density at radius 2 is 1.89 bits per heavy atom. The van der Waals surface area contributed by atoms with Crippen LogP contribution in [-0.2, 0) is 4.74 Å². The number of hydrogen-bond acceptors (Lipinski definition) is 3.